The number of nitrogen functional groups attached to an aromatic ring is 1. The summed E-state index contributed by atoms with van der Waals surface area (Å²) in [5.74, 6) is 0. The van der Waals surface area contributed by atoms with Gasteiger partial charge in [0, 0.05) is 26.2 Å². The molecule has 1 unspecified atom stereocenters. The average molecular weight is 793 g/mol. The first-order valence-corrected chi connectivity index (χ1v) is 19.6. The first kappa shape index (κ1) is 53.6. The van der Waals surface area contributed by atoms with E-state index in [0.717, 1.165) is 89.3 Å². The fraction of sp³-hybridized carbons (Fsp3) is 0.659. The molecule has 5 N–H and O–H groups in total. The number of para-hydroxylation sites is 2. The van der Waals surface area contributed by atoms with E-state index in [9.17, 15) is 35.9 Å². The fourth-order valence-electron chi connectivity index (χ4n) is 5.47. The molecule has 2 rings (SSSR count). The Labute approximate surface area is 327 Å². The summed E-state index contributed by atoms with van der Waals surface area (Å²) in [5, 5.41) is 9.49. The Morgan fingerprint density at radius 1 is 0.691 bits per heavy atom. The van der Waals surface area contributed by atoms with Crippen LogP contribution in [-0.2, 0) is 21.9 Å². The maximum atomic E-state index is 12.3. The molecule has 0 aromatic heterocycles. The summed E-state index contributed by atoms with van der Waals surface area (Å²) in [6.45, 7) is 13.7. The van der Waals surface area contributed by atoms with Crippen molar-refractivity contribution >= 4 is 29.9 Å². The van der Waals surface area contributed by atoms with Crippen molar-refractivity contribution in [1.29, 1.82) is 0 Å². The van der Waals surface area contributed by atoms with Gasteiger partial charge >= 0.3 is 12.4 Å². The van der Waals surface area contributed by atoms with Gasteiger partial charge in [0.2, 0.25) is 12.8 Å². The fourth-order valence-corrected chi connectivity index (χ4v) is 5.47. The van der Waals surface area contributed by atoms with Crippen LogP contribution in [0.2, 0.25) is 0 Å². The van der Waals surface area contributed by atoms with Crippen LogP contribution in [0.4, 0.5) is 43.4 Å². The number of aryl methyl sites for hydroxylation is 1. The monoisotopic (exact) mass is 793 g/mol. The molecule has 2 aromatic rings. The summed E-state index contributed by atoms with van der Waals surface area (Å²) < 4.78 is 74.1. The molecule has 0 bridgehead atoms. The SMILES string of the molecule is CCCCCC(CCNC)N(C=O)c1ccccc1NC.CCCCCCNC.CCCCN(C=O)CCC.Cc1cc(C(F)(F)F)c(N)c(C(F)(F)F)c1. The maximum Gasteiger partial charge on any atom is 0.418 e. The van der Waals surface area contributed by atoms with Crippen LogP contribution in [0.5, 0.6) is 0 Å². The van der Waals surface area contributed by atoms with E-state index in [0.29, 0.717) is 12.1 Å². The lowest BCUT2D eigenvalue weighted by Crippen LogP contribution is -2.36. The third-order valence-corrected chi connectivity index (χ3v) is 8.50. The molecule has 318 valence electrons. The van der Waals surface area contributed by atoms with Gasteiger partial charge in [-0.1, -0.05) is 84.8 Å². The molecule has 1 atom stereocenters. The lowest BCUT2D eigenvalue weighted by atomic mass is 10.0. The quantitative estimate of drug-likeness (QED) is 0.0410. The van der Waals surface area contributed by atoms with Crippen LogP contribution in [-0.4, -0.2) is 71.1 Å². The molecule has 0 saturated heterocycles. The Balaban J connectivity index is 0. The molecule has 0 aliphatic carbocycles. The number of carbonyl (C=O) groups excluding carboxylic acids is 2. The number of halogens is 6. The Morgan fingerprint density at radius 2 is 1.24 bits per heavy atom. The predicted octanol–water partition coefficient (Wildman–Crippen LogP) is 10.3. The summed E-state index contributed by atoms with van der Waals surface area (Å²) in [6.07, 6.45) is 6.53. The average Bonchev–Trinajstić information content (AvgIpc) is 3.15. The minimum Gasteiger partial charge on any atom is -0.398 e. The molecule has 0 saturated carbocycles. The summed E-state index contributed by atoms with van der Waals surface area (Å²) in [7, 11) is 5.85. The third-order valence-electron chi connectivity index (χ3n) is 8.50. The molecule has 14 heteroatoms. The minimum absolute atomic E-state index is 0.145. The van der Waals surface area contributed by atoms with Crippen LogP contribution in [0, 0.1) is 6.92 Å². The molecule has 0 aliphatic rings. The van der Waals surface area contributed by atoms with Crippen molar-refractivity contribution in [2.24, 2.45) is 0 Å². The van der Waals surface area contributed by atoms with Gasteiger partial charge < -0.3 is 31.5 Å². The Morgan fingerprint density at radius 3 is 1.69 bits per heavy atom. The van der Waals surface area contributed by atoms with Crippen LogP contribution in [0.1, 0.15) is 121 Å². The molecule has 0 aliphatic heterocycles. The van der Waals surface area contributed by atoms with Crippen LogP contribution < -0.4 is 26.6 Å². The number of amides is 2. The smallest absolute Gasteiger partial charge is 0.398 e. The number of hydrogen-bond donors (Lipinski definition) is 4. The highest BCUT2D eigenvalue weighted by Gasteiger charge is 2.40. The number of nitrogens with two attached hydrogens (primary N) is 1. The highest BCUT2D eigenvalue weighted by molar-refractivity contribution is 5.84. The number of unbranched alkanes of at least 4 members (excludes halogenated alkanes) is 6. The second kappa shape index (κ2) is 31.7. The third kappa shape index (κ3) is 23.9. The van der Waals surface area contributed by atoms with Crippen LogP contribution >= 0.6 is 0 Å². The van der Waals surface area contributed by atoms with Crippen molar-refractivity contribution in [1.82, 2.24) is 15.5 Å². The zero-order valence-corrected chi connectivity index (χ0v) is 34.6. The van der Waals surface area contributed by atoms with E-state index in [2.05, 4.69) is 43.6 Å². The second-order valence-corrected chi connectivity index (χ2v) is 13.3. The van der Waals surface area contributed by atoms with Crippen molar-refractivity contribution < 1.29 is 35.9 Å². The molecule has 0 radical (unpaired) electrons. The highest BCUT2D eigenvalue weighted by Crippen LogP contribution is 2.41. The van der Waals surface area contributed by atoms with E-state index in [1.54, 1.807) is 0 Å². The van der Waals surface area contributed by atoms with Crippen LogP contribution in [0.3, 0.4) is 0 Å². The van der Waals surface area contributed by atoms with Crippen LogP contribution in [0.25, 0.3) is 0 Å². The molecular weight excluding hydrogens is 722 g/mol. The number of hydrogen-bond acceptors (Lipinski definition) is 6. The Hall–Kier alpha value is -3.52. The van der Waals surface area contributed by atoms with Gasteiger partial charge in [0.25, 0.3) is 0 Å². The first-order valence-electron chi connectivity index (χ1n) is 19.6. The van der Waals surface area contributed by atoms with E-state index in [1.807, 2.05) is 55.2 Å². The topological polar surface area (TPSA) is 103 Å². The van der Waals surface area contributed by atoms with Gasteiger partial charge in [0.05, 0.1) is 28.2 Å². The normalized spacial score (nSPS) is 11.5. The number of nitrogens with zero attached hydrogens (tertiary/aromatic N) is 2. The van der Waals surface area contributed by atoms with Crippen molar-refractivity contribution in [3.63, 3.8) is 0 Å². The van der Waals surface area contributed by atoms with Crippen molar-refractivity contribution in [3.8, 4) is 0 Å². The summed E-state index contributed by atoms with van der Waals surface area (Å²) in [5.41, 5.74) is 2.50. The zero-order valence-electron chi connectivity index (χ0n) is 34.6. The van der Waals surface area contributed by atoms with E-state index < -0.39 is 29.2 Å². The van der Waals surface area contributed by atoms with Gasteiger partial charge in [-0.05, 0) is 96.0 Å². The van der Waals surface area contributed by atoms with Gasteiger partial charge in [-0.15, -0.1) is 0 Å². The molecule has 0 heterocycles. The molecule has 0 spiro atoms. The highest BCUT2D eigenvalue weighted by atomic mass is 19.4. The molecular formula is C41H70F6N6O2. The van der Waals surface area contributed by atoms with Gasteiger partial charge in [-0.3, -0.25) is 9.59 Å². The molecule has 55 heavy (non-hydrogen) atoms. The Kier molecular flexibility index (Phi) is 30.8. The number of alkyl halides is 6. The molecule has 2 amide bonds. The van der Waals surface area contributed by atoms with E-state index in [1.165, 1.54) is 45.1 Å². The number of rotatable bonds is 22. The second-order valence-electron chi connectivity index (χ2n) is 13.3. The molecule has 8 nitrogen and oxygen atoms in total. The summed E-state index contributed by atoms with van der Waals surface area (Å²) in [6, 6.07) is 9.40. The van der Waals surface area contributed by atoms with Crippen molar-refractivity contribution in [3.05, 3.63) is 53.1 Å². The standard InChI is InChI=1S/C17H29N3O.C9H7F6N.C8H17NO.C7H17N/c1-4-5-6-9-15(12-13-18-2)20(14-21)17-11-8-7-10-16(17)19-3;1-4-2-5(8(10,11)12)7(16)6(3-4)9(13,14)15;1-3-5-7-9(8-10)6-4-2;1-3-4-5-6-7-8-2/h7-8,10-11,14-15,18-19H,4-6,9,12-13H2,1-3H3;2-3H,16H2,1H3;8H,3-7H2,1-2H3;8H,3-7H2,1-2H3. The van der Waals surface area contributed by atoms with E-state index in [4.69, 9.17) is 5.73 Å². The van der Waals surface area contributed by atoms with Gasteiger partial charge in [0.1, 0.15) is 0 Å². The maximum absolute atomic E-state index is 12.3. The minimum atomic E-state index is -4.89. The lowest BCUT2D eigenvalue weighted by Gasteiger charge is -2.30. The summed E-state index contributed by atoms with van der Waals surface area (Å²) >= 11 is 0. The van der Waals surface area contributed by atoms with Crippen LogP contribution in [0.15, 0.2) is 36.4 Å². The van der Waals surface area contributed by atoms with Gasteiger partial charge in [-0.2, -0.15) is 26.3 Å². The zero-order chi connectivity index (χ0) is 42.3. The van der Waals surface area contributed by atoms with Gasteiger partial charge in [0.15, 0.2) is 0 Å². The molecule has 0 fully saturated rings. The predicted molar refractivity (Wildman–Crippen MR) is 218 cm³/mol. The number of benzene rings is 2. The Bertz CT molecular complexity index is 1220. The number of anilines is 3. The van der Waals surface area contributed by atoms with E-state index >= 15 is 0 Å². The largest absolute Gasteiger partial charge is 0.418 e. The van der Waals surface area contributed by atoms with Crippen molar-refractivity contribution in [2.75, 3.05) is 63.3 Å². The first-order chi connectivity index (χ1) is 26.1. The van der Waals surface area contributed by atoms with Crippen molar-refractivity contribution in [2.45, 2.75) is 130 Å². The molecule has 2 aromatic carbocycles. The summed E-state index contributed by atoms with van der Waals surface area (Å²) in [4.78, 5) is 25.7. The van der Waals surface area contributed by atoms with Gasteiger partial charge in [-0.25, -0.2) is 0 Å². The van der Waals surface area contributed by atoms with E-state index in [-0.39, 0.29) is 11.6 Å². The number of carbonyl (C=O) groups is 2. The number of nitrogens with one attached hydrogen (secondary N) is 3. The lowest BCUT2D eigenvalue weighted by molar-refractivity contribution is -0.141.